The molecule has 0 saturated heterocycles. The Morgan fingerprint density at radius 2 is 2.04 bits per heavy atom. The van der Waals surface area contributed by atoms with Crippen LogP contribution in [-0.4, -0.2) is 42.3 Å². The molecule has 1 aromatic carbocycles. The summed E-state index contributed by atoms with van der Waals surface area (Å²) in [4.78, 5) is 13.5. The van der Waals surface area contributed by atoms with Gasteiger partial charge in [0.25, 0.3) is 0 Å². The topological polar surface area (TPSA) is 72.1 Å². The third-order valence-electron chi connectivity index (χ3n) is 3.91. The molecule has 1 atom stereocenters. The highest BCUT2D eigenvalue weighted by Crippen LogP contribution is 2.20. The first-order chi connectivity index (χ1) is 12.6. The Morgan fingerprint density at radius 1 is 1.23 bits per heavy atom. The molecule has 2 aromatic rings. The van der Waals surface area contributed by atoms with E-state index in [2.05, 4.69) is 0 Å². The molecule has 0 spiro atoms. The molecule has 0 amide bonds. The van der Waals surface area contributed by atoms with Crippen LogP contribution in [0, 0.1) is 0 Å². The predicted octanol–water partition coefficient (Wildman–Crippen LogP) is 2.99. The molecule has 0 aliphatic carbocycles. The van der Waals surface area contributed by atoms with Crippen molar-refractivity contribution in [2.45, 2.75) is 39.0 Å². The fraction of sp³-hybridized carbons (Fsp3) is 0.450. The van der Waals surface area contributed by atoms with Crippen LogP contribution >= 0.6 is 0 Å². The van der Waals surface area contributed by atoms with E-state index >= 15 is 0 Å². The molecule has 2 rings (SSSR count). The predicted molar refractivity (Wildman–Crippen MR) is 97.7 cm³/mol. The van der Waals surface area contributed by atoms with Crippen LogP contribution in [-0.2, 0) is 22.6 Å². The zero-order valence-electron chi connectivity index (χ0n) is 15.4. The number of esters is 1. The van der Waals surface area contributed by atoms with Gasteiger partial charge in [0.1, 0.15) is 24.2 Å². The normalized spacial score (nSPS) is 12.2. The highest BCUT2D eigenvalue weighted by atomic mass is 16.5. The van der Waals surface area contributed by atoms with Crippen molar-refractivity contribution in [1.29, 1.82) is 0 Å². The van der Waals surface area contributed by atoms with E-state index in [9.17, 15) is 9.90 Å². The van der Waals surface area contributed by atoms with E-state index in [4.69, 9.17) is 13.9 Å². The lowest BCUT2D eigenvalue weighted by atomic mass is 10.1. The number of methoxy groups -OCH3 is 1. The van der Waals surface area contributed by atoms with Crippen molar-refractivity contribution >= 4 is 5.97 Å². The second kappa shape index (κ2) is 10.6. The third-order valence-corrected chi connectivity index (χ3v) is 3.91. The van der Waals surface area contributed by atoms with Crippen molar-refractivity contribution in [2.24, 2.45) is 0 Å². The molecular formula is C20H27NO5. The van der Waals surface area contributed by atoms with E-state index in [0.717, 1.165) is 23.5 Å². The van der Waals surface area contributed by atoms with E-state index in [0.29, 0.717) is 26.1 Å². The minimum atomic E-state index is -0.777. The molecule has 6 heteroatoms. The van der Waals surface area contributed by atoms with E-state index in [1.54, 1.807) is 13.4 Å². The first-order valence-corrected chi connectivity index (χ1v) is 8.82. The first-order valence-electron chi connectivity index (χ1n) is 8.82. The fourth-order valence-corrected chi connectivity index (χ4v) is 2.70. The van der Waals surface area contributed by atoms with Crippen molar-refractivity contribution < 1.29 is 23.8 Å². The molecule has 0 unspecified atom stereocenters. The van der Waals surface area contributed by atoms with E-state index in [1.165, 1.54) is 0 Å². The number of carbonyl (C=O) groups excluding carboxylic acids is 1. The molecule has 1 aromatic heterocycles. The van der Waals surface area contributed by atoms with Gasteiger partial charge in [-0.1, -0.05) is 25.1 Å². The number of hydrogen-bond donors (Lipinski definition) is 1. The van der Waals surface area contributed by atoms with Crippen molar-refractivity contribution in [3.05, 3.63) is 54.0 Å². The second-order valence-electron chi connectivity index (χ2n) is 6.15. The molecule has 0 bridgehead atoms. The number of ether oxygens (including phenoxy) is 2. The average molecular weight is 361 g/mol. The lowest BCUT2D eigenvalue weighted by Crippen LogP contribution is -2.34. The molecule has 26 heavy (non-hydrogen) atoms. The maximum absolute atomic E-state index is 11.5. The van der Waals surface area contributed by atoms with Gasteiger partial charge < -0.3 is 19.0 Å². The van der Waals surface area contributed by atoms with Crippen LogP contribution in [0.15, 0.2) is 47.1 Å². The fourth-order valence-electron chi connectivity index (χ4n) is 2.70. The minimum Gasteiger partial charge on any atom is -0.496 e. The maximum Gasteiger partial charge on any atom is 0.305 e. The van der Waals surface area contributed by atoms with Crippen LogP contribution in [0.2, 0.25) is 0 Å². The number of aliphatic hydroxyl groups excluding tert-OH is 1. The molecule has 0 radical (unpaired) electrons. The van der Waals surface area contributed by atoms with Crippen LogP contribution < -0.4 is 4.74 Å². The van der Waals surface area contributed by atoms with Crippen molar-refractivity contribution in [1.82, 2.24) is 4.90 Å². The number of carbonyl (C=O) groups is 1. The number of nitrogens with zero attached hydrogens (tertiary/aromatic N) is 1. The number of rotatable bonds is 11. The number of hydrogen-bond acceptors (Lipinski definition) is 6. The molecule has 0 fully saturated rings. The molecule has 6 nitrogen and oxygen atoms in total. The van der Waals surface area contributed by atoms with Gasteiger partial charge in [0, 0.05) is 25.1 Å². The van der Waals surface area contributed by atoms with Gasteiger partial charge in [-0.05, 0) is 24.6 Å². The standard InChI is InChI=1S/C20H27NO5/c1-3-7-20(23)26-15-17(22)13-21(14-18-9-6-11-25-18)12-16-8-4-5-10-19(16)24-2/h4-6,8-11,17,22H,3,7,12-15H2,1-2H3/t17-/m0/s1. The van der Waals surface area contributed by atoms with Crippen LogP contribution in [0.5, 0.6) is 5.75 Å². The minimum absolute atomic E-state index is 0.0145. The van der Waals surface area contributed by atoms with Crippen LogP contribution in [0.3, 0.4) is 0 Å². The van der Waals surface area contributed by atoms with Gasteiger partial charge in [-0.25, -0.2) is 0 Å². The zero-order chi connectivity index (χ0) is 18.8. The van der Waals surface area contributed by atoms with Crippen LogP contribution in [0.25, 0.3) is 0 Å². The van der Waals surface area contributed by atoms with E-state index < -0.39 is 6.10 Å². The molecule has 0 saturated carbocycles. The maximum atomic E-state index is 11.5. The van der Waals surface area contributed by atoms with Crippen molar-refractivity contribution in [3.63, 3.8) is 0 Å². The van der Waals surface area contributed by atoms with Gasteiger partial charge in [0.2, 0.25) is 0 Å². The molecule has 0 aliphatic rings. The highest BCUT2D eigenvalue weighted by Gasteiger charge is 2.17. The summed E-state index contributed by atoms with van der Waals surface area (Å²) >= 11 is 0. The van der Waals surface area contributed by atoms with E-state index in [-0.39, 0.29) is 12.6 Å². The Morgan fingerprint density at radius 3 is 2.73 bits per heavy atom. The number of para-hydroxylation sites is 1. The monoisotopic (exact) mass is 361 g/mol. The molecular weight excluding hydrogens is 334 g/mol. The Balaban J connectivity index is 2.00. The van der Waals surface area contributed by atoms with E-state index in [1.807, 2.05) is 48.2 Å². The smallest absolute Gasteiger partial charge is 0.305 e. The summed E-state index contributed by atoms with van der Waals surface area (Å²) in [6.07, 6.45) is 1.94. The molecule has 142 valence electrons. The van der Waals surface area contributed by atoms with Gasteiger partial charge in [-0.15, -0.1) is 0 Å². The number of benzene rings is 1. The SMILES string of the molecule is CCCC(=O)OC[C@@H](O)CN(Cc1ccco1)Cc1ccccc1OC. The summed E-state index contributed by atoms with van der Waals surface area (Å²) in [5.74, 6) is 1.31. The van der Waals surface area contributed by atoms with Crippen molar-refractivity contribution in [2.75, 3.05) is 20.3 Å². The van der Waals surface area contributed by atoms with Gasteiger partial charge >= 0.3 is 5.97 Å². The molecule has 0 aliphatic heterocycles. The van der Waals surface area contributed by atoms with Gasteiger partial charge in [-0.2, -0.15) is 0 Å². The Kier molecular flexibility index (Phi) is 8.18. The quantitative estimate of drug-likeness (QED) is 0.621. The Labute approximate surface area is 154 Å². The van der Waals surface area contributed by atoms with Crippen LogP contribution in [0.4, 0.5) is 0 Å². The lowest BCUT2D eigenvalue weighted by Gasteiger charge is -2.25. The highest BCUT2D eigenvalue weighted by molar-refractivity contribution is 5.69. The van der Waals surface area contributed by atoms with Gasteiger partial charge in [0.15, 0.2) is 0 Å². The molecule has 1 heterocycles. The van der Waals surface area contributed by atoms with Crippen molar-refractivity contribution in [3.8, 4) is 5.75 Å². The second-order valence-corrected chi connectivity index (χ2v) is 6.15. The number of aliphatic hydroxyl groups is 1. The summed E-state index contributed by atoms with van der Waals surface area (Å²) in [7, 11) is 1.64. The largest absolute Gasteiger partial charge is 0.496 e. The molecule has 1 N–H and O–H groups in total. The average Bonchev–Trinajstić information content (AvgIpc) is 3.13. The van der Waals surface area contributed by atoms with Gasteiger partial charge in [0.05, 0.1) is 19.9 Å². The first kappa shape index (κ1) is 20.0. The zero-order valence-corrected chi connectivity index (χ0v) is 15.4. The Bertz CT molecular complexity index is 656. The van der Waals surface area contributed by atoms with Crippen LogP contribution in [0.1, 0.15) is 31.1 Å². The summed E-state index contributed by atoms with van der Waals surface area (Å²) in [6.45, 7) is 3.35. The lowest BCUT2D eigenvalue weighted by molar-refractivity contribution is -0.147. The Hall–Kier alpha value is -2.31. The third kappa shape index (κ3) is 6.54. The summed E-state index contributed by atoms with van der Waals surface area (Å²) in [6, 6.07) is 11.5. The van der Waals surface area contributed by atoms with Gasteiger partial charge in [-0.3, -0.25) is 9.69 Å². The summed E-state index contributed by atoms with van der Waals surface area (Å²) in [5.41, 5.74) is 1.01. The summed E-state index contributed by atoms with van der Waals surface area (Å²) < 4.78 is 16.0. The number of furan rings is 1. The summed E-state index contributed by atoms with van der Waals surface area (Å²) in [5, 5.41) is 10.3.